The molecule has 0 aromatic carbocycles. The zero-order valence-corrected chi connectivity index (χ0v) is 11.3. The summed E-state index contributed by atoms with van der Waals surface area (Å²) in [4.78, 5) is 4.42. The topological polar surface area (TPSA) is 32.6 Å². The molecule has 1 unspecified atom stereocenters. The fourth-order valence-corrected chi connectivity index (χ4v) is 2.06. The Morgan fingerprint density at radius 3 is 2.71 bits per heavy atom. The molecule has 0 spiro atoms. The molecule has 1 aliphatic heterocycles. The highest BCUT2D eigenvalue weighted by atomic mass is 16.3. The quantitative estimate of drug-likeness (QED) is 0.556. The van der Waals surface area contributed by atoms with Crippen molar-refractivity contribution in [2.75, 3.05) is 6.54 Å². The minimum Gasteiger partial charge on any atom is -0.372 e. The second kappa shape index (κ2) is 7.50. The molecule has 2 nitrogen and oxygen atoms in total. The van der Waals surface area contributed by atoms with Crippen LogP contribution in [0.25, 0.3) is 0 Å². The smallest absolute Gasteiger partial charge is 0.165 e. The Morgan fingerprint density at radius 2 is 2.00 bits per heavy atom. The van der Waals surface area contributed by atoms with Gasteiger partial charge in [0.1, 0.15) is 0 Å². The van der Waals surface area contributed by atoms with Crippen LogP contribution >= 0.6 is 0 Å². The fraction of sp³-hybridized carbons (Fsp3) is 0.800. The van der Waals surface area contributed by atoms with Crippen LogP contribution in [0.15, 0.2) is 4.99 Å². The maximum absolute atomic E-state index is 10.4. The Bertz CT molecular complexity index is 311. The monoisotopic (exact) mass is 235 g/mol. The van der Waals surface area contributed by atoms with E-state index in [0.717, 1.165) is 44.4 Å². The van der Waals surface area contributed by atoms with Crippen LogP contribution in [0.5, 0.6) is 0 Å². The average Bonchev–Trinajstić information content (AvgIpc) is 2.68. The van der Waals surface area contributed by atoms with E-state index in [-0.39, 0.29) is 0 Å². The first-order valence-electron chi connectivity index (χ1n) is 6.99. The van der Waals surface area contributed by atoms with Crippen molar-refractivity contribution in [3.63, 3.8) is 0 Å². The summed E-state index contributed by atoms with van der Waals surface area (Å²) in [6, 6.07) is 0. The van der Waals surface area contributed by atoms with Gasteiger partial charge in [-0.25, -0.2) is 0 Å². The first-order chi connectivity index (χ1) is 8.23. The third-order valence-electron chi connectivity index (χ3n) is 3.22. The lowest BCUT2D eigenvalue weighted by molar-refractivity contribution is 0.172. The largest absolute Gasteiger partial charge is 0.372 e. The Kier molecular flexibility index (Phi) is 6.29. The highest BCUT2D eigenvalue weighted by Crippen LogP contribution is 2.22. The number of nitrogens with zero attached hydrogens (tertiary/aromatic N) is 1. The van der Waals surface area contributed by atoms with E-state index in [2.05, 4.69) is 30.7 Å². The van der Waals surface area contributed by atoms with Crippen molar-refractivity contribution in [3.8, 4) is 11.8 Å². The third-order valence-corrected chi connectivity index (χ3v) is 3.22. The molecule has 0 fully saturated rings. The highest BCUT2D eigenvalue weighted by molar-refractivity contribution is 5.96. The van der Waals surface area contributed by atoms with Gasteiger partial charge in [-0.3, -0.25) is 4.99 Å². The Morgan fingerprint density at radius 1 is 1.24 bits per heavy atom. The minimum atomic E-state index is -0.901. The summed E-state index contributed by atoms with van der Waals surface area (Å²) in [6.45, 7) is 5.08. The lowest BCUT2D eigenvalue weighted by atomic mass is 9.93. The third kappa shape index (κ3) is 4.52. The first kappa shape index (κ1) is 14.3. The molecule has 0 saturated carbocycles. The number of hydrogen-bond donors (Lipinski definition) is 1. The normalized spacial score (nSPS) is 23.1. The van der Waals surface area contributed by atoms with Crippen LogP contribution in [0.2, 0.25) is 0 Å². The van der Waals surface area contributed by atoms with Gasteiger partial charge in [-0.15, -0.1) is 0 Å². The Balaban J connectivity index is 2.48. The molecule has 1 rings (SSSR count). The molecule has 1 heterocycles. The molecule has 0 radical (unpaired) electrons. The number of aliphatic hydroxyl groups is 1. The van der Waals surface area contributed by atoms with Gasteiger partial charge in [0.25, 0.3) is 0 Å². The Labute approximate surface area is 106 Å². The van der Waals surface area contributed by atoms with Crippen LogP contribution in [-0.4, -0.2) is 23.0 Å². The van der Waals surface area contributed by atoms with Gasteiger partial charge in [0.15, 0.2) is 5.60 Å². The molecule has 96 valence electrons. The van der Waals surface area contributed by atoms with Gasteiger partial charge in [0.2, 0.25) is 0 Å². The summed E-state index contributed by atoms with van der Waals surface area (Å²) in [5.41, 5.74) is 0.0246. The van der Waals surface area contributed by atoms with Crippen LogP contribution < -0.4 is 0 Å². The van der Waals surface area contributed by atoms with E-state index in [4.69, 9.17) is 0 Å². The first-order valence-corrected chi connectivity index (χ1v) is 6.99. The molecule has 17 heavy (non-hydrogen) atoms. The molecule has 1 atom stereocenters. The molecule has 0 aromatic rings. The molecule has 1 N–H and O–H groups in total. The van der Waals surface area contributed by atoms with Gasteiger partial charge in [0.05, 0.1) is 5.71 Å². The van der Waals surface area contributed by atoms with E-state index >= 15 is 0 Å². The van der Waals surface area contributed by atoms with Crippen LogP contribution in [0.4, 0.5) is 0 Å². The maximum atomic E-state index is 10.4. The lowest BCUT2D eigenvalue weighted by Crippen LogP contribution is -2.33. The van der Waals surface area contributed by atoms with Gasteiger partial charge in [0, 0.05) is 19.4 Å². The van der Waals surface area contributed by atoms with Crippen molar-refractivity contribution in [2.24, 2.45) is 4.99 Å². The minimum absolute atomic E-state index is 0.688. The second-order valence-corrected chi connectivity index (χ2v) is 4.80. The molecular formula is C15H25NO. The van der Waals surface area contributed by atoms with E-state index in [1.807, 2.05) is 0 Å². The van der Waals surface area contributed by atoms with Gasteiger partial charge in [-0.2, -0.15) is 0 Å². The molecule has 0 aromatic heterocycles. The van der Waals surface area contributed by atoms with Gasteiger partial charge in [-0.05, 0) is 19.3 Å². The molecule has 0 aliphatic carbocycles. The van der Waals surface area contributed by atoms with Crippen LogP contribution in [0.1, 0.15) is 65.2 Å². The van der Waals surface area contributed by atoms with Crippen molar-refractivity contribution in [3.05, 3.63) is 0 Å². The zero-order chi connectivity index (χ0) is 12.6. The predicted molar refractivity (Wildman–Crippen MR) is 73.3 cm³/mol. The van der Waals surface area contributed by atoms with Gasteiger partial charge >= 0.3 is 0 Å². The molecule has 2 heteroatoms. The summed E-state index contributed by atoms with van der Waals surface area (Å²) < 4.78 is 0. The number of aliphatic imine (C=N–C) groups is 1. The maximum Gasteiger partial charge on any atom is 0.165 e. The summed E-state index contributed by atoms with van der Waals surface area (Å²) in [5.74, 6) is 6.15. The van der Waals surface area contributed by atoms with Gasteiger partial charge < -0.3 is 5.11 Å². The van der Waals surface area contributed by atoms with Crippen molar-refractivity contribution in [2.45, 2.75) is 70.8 Å². The van der Waals surface area contributed by atoms with Gasteiger partial charge in [-0.1, -0.05) is 45.0 Å². The fourth-order valence-electron chi connectivity index (χ4n) is 2.06. The SMILES string of the molecule is CCCCC#CC1(O)CCN=C1CCCCC. The summed E-state index contributed by atoms with van der Waals surface area (Å²) in [6.07, 6.45) is 8.29. The molecule has 0 bridgehead atoms. The van der Waals surface area contributed by atoms with Crippen LogP contribution in [0.3, 0.4) is 0 Å². The average molecular weight is 235 g/mol. The number of hydrogen-bond acceptors (Lipinski definition) is 2. The van der Waals surface area contributed by atoms with E-state index in [9.17, 15) is 5.11 Å². The number of unbranched alkanes of at least 4 members (excludes halogenated alkanes) is 4. The van der Waals surface area contributed by atoms with E-state index in [1.165, 1.54) is 12.8 Å². The lowest BCUT2D eigenvalue weighted by Gasteiger charge is -2.17. The zero-order valence-electron chi connectivity index (χ0n) is 11.3. The molecule has 1 aliphatic rings. The molecular weight excluding hydrogens is 210 g/mol. The summed E-state index contributed by atoms with van der Waals surface area (Å²) in [7, 11) is 0. The number of rotatable bonds is 6. The van der Waals surface area contributed by atoms with E-state index in [0.29, 0.717) is 6.42 Å². The van der Waals surface area contributed by atoms with Crippen molar-refractivity contribution in [1.82, 2.24) is 0 Å². The van der Waals surface area contributed by atoms with Crippen molar-refractivity contribution in [1.29, 1.82) is 0 Å². The second-order valence-electron chi connectivity index (χ2n) is 4.80. The van der Waals surface area contributed by atoms with Crippen molar-refractivity contribution < 1.29 is 5.11 Å². The van der Waals surface area contributed by atoms with Crippen molar-refractivity contribution >= 4 is 5.71 Å². The highest BCUT2D eigenvalue weighted by Gasteiger charge is 2.34. The Hall–Kier alpha value is -0.810. The van der Waals surface area contributed by atoms with E-state index < -0.39 is 5.60 Å². The van der Waals surface area contributed by atoms with E-state index in [1.54, 1.807) is 0 Å². The van der Waals surface area contributed by atoms with Crippen LogP contribution in [-0.2, 0) is 0 Å². The standard InChI is InChI=1S/C15H25NO/c1-3-5-7-9-11-15(17)12-13-16-14(15)10-8-6-4-2/h17H,3-8,10,12-13H2,1-2H3. The predicted octanol–water partition coefficient (Wildman–Crippen LogP) is 3.34. The van der Waals surface area contributed by atoms with Crippen LogP contribution in [0, 0.1) is 11.8 Å². The summed E-state index contributed by atoms with van der Waals surface area (Å²) in [5, 5.41) is 10.4. The molecule has 0 saturated heterocycles. The summed E-state index contributed by atoms with van der Waals surface area (Å²) >= 11 is 0. The molecule has 0 amide bonds.